The van der Waals surface area contributed by atoms with Gasteiger partial charge in [0.25, 0.3) is 5.91 Å². The maximum Gasteiger partial charge on any atom is 0.255 e. The first-order valence-electron chi connectivity index (χ1n) is 10.6. The predicted octanol–water partition coefficient (Wildman–Crippen LogP) is 4.00. The second-order valence-corrected chi connectivity index (χ2v) is 7.61. The summed E-state index contributed by atoms with van der Waals surface area (Å²) in [5.74, 6) is 0.532. The molecule has 7 heteroatoms. The lowest BCUT2D eigenvalue weighted by Gasteiger charge is -2.28. The Balaban J connectivity index is 1.16. The number of morpholine rings is 1. The normalized spacial score (nSPS) is 13.8. The Bertz CT molecular complexity index is 1160. The number of amides is 1. The maximum absolute atomic E-state index is 12.6. The number of nitrogens with one attached hydrogen (secondary N) is 1. The lowest BCUT2D eigenvalue weighted by atomic mass is 10.2. The van der Waals surface area contributed by atoms with Gasteiger partial charge in [0.2, 0.25) is 0 Å². The molecule has 1 amide bonds. The van der Waals surface area contributed by atoms with Crippen LogP contribution >= 0.6 is 0 Å². The average Bonchev–Trinajstić information content (AvgIpc) is 3.27. The van der Waals surface area contributed by atoms with Crippen molar-refractivity contribution >= 4 is 22.9 Å². The third-order valence-electron chi connectivity index (χ3n) is 5.42. The molecule has 3 heterocycles. The number of anilines is 2. The summed E-state index contributed by atoms with van der Waals surface area (Å²) in [6.07, 6.45) is 3.90. The maximum atomic E-state index is 12.6. The number of ether oxygens (including phenoxy) is 2. The van der Waals surface area contributed by atoms with Crippen molar-refractivity contribution in [2.24, 2.45) is 0 Å². The van der Waals surface area contributed by atoms with Crippen molar-refractivity contribution in [2.75, 3.05) is 36.5 Å². The molecule has 1 aliphatic heterocycles. The van der Waals surface area contributed by atoms with Crippen LogP contribution in [0.3, 0.4) is 0 Å². The molecule has 1 N–H and O–H groups in total. The Hall–Kier alpha value is -3.84. The number of carbonyl (C=O) groups is 1. The number of fused-ring (bicyclic) bond motifs is 1. The lowest BCUT2D eigenvalue weighted by Crippen LogP contribution is -2.36. The van der Waals surface area contributed by atoms with E-state index in [0.717, 1.165) is 49.0 Å². The molecule has 5 rings (SSSR count). The summed E-state index contributed by atoms with van der Waals surface area (Å²) in [4.78, 5) is 19.4. The van der Waals surface area contributed by atoms with Gasteiger partial charge in [-0.1, -0.05) is 6.07 Å². The Labute approximate surface area is 186 Å². The van der Waals surface area contributed by atoms with Crippen molar-refractivity contribution in [3.05, 3.63) is 90.4 Å². The number of hydrogen-bond donors (Lipinski definition) is 1. The van der Waals surface area contributed by atoms with Crippen molar-refractivity contribution in [2.45, 2.75) is 6.61 Å². The van der Waals surface area contributed by atoms with Crippen LogP contribution in [0.2, 0.25) is 0 Å². The topological polar surface area (TPSA) is 68.1 Å². The van der Waals surface area contributed by atoms with E-state index in [0.29, 0.717) is 17.9 Å². The van der Waals surface area contributed by atoms with Gasteiger partial charge in [0.1, 0.15) is 18.0 Å². The number of aromatic nitrogens is 2. The number of nitrogens with zero attached hydrogens (tertiary/aromatic N) is 3. The molecule has 0 atom stereocenters. The minimum absolute atomic E-state index is 0.156. The van der Waals surface area contributed by atoms with Crippen molar-refractivity contribution in [3.8, 4) is 5.75 Å². The quantitative estimate of drug-likeness (QED) is 0.503. The molecule has 0 unspecified atom stereocenters. The zero-order valence-corrected chi connectivity index (χ0v) is 17.6. The van der Waals surface area contributed by atoms with Crippen LogP contribution in [0, 0.1) is 0 Å². The van der Waals surface area contributed by atoms with Gasteiger partial charge in [-0.2, -0.15) is 0 Å². The van der Waals surface area contributed by atoms with Gasteiger partial charge in [-0.3, -0.25) is 4.79 Å². The van der Waals surface area contributed by atoms with Crippen LogP contribution in [0.5, 0.6) is 5.75 Å². The molecule has 1 aliphatic rings. The fourth-order valence-corrected chi connectivity index (χ4v) is 3.70. The number of pyridine rings is 1. The van der Waals surface area contributed by atoms with Gasteiger partial charge >= 0.3 is 0 Å². The summed E-state index contributed by atoms with van der Waals surface area (Å²) < 4.78 is 13.2. The highest BCUT2D eigenvalue weighted by molar-refractivity contribution is 6.04. The zero-order chi connectivity index (χ0) is 21.8. The van der Waals surface area contributed by atoms with E-state index in [1.165, 1.54) is 0 Å². The Morgan fingerprint density at radius 3 is 2.53 bits per heavy atom. The average molecular weight is 428 g/mol. The molecule has 162 valence electrons. The molecule has 0 spiro atoms. The first kappa shape index (κ1) is 20.1. The van der Waals surface area contributed by atoms with Gasteiger partial charge in [0, 0.05) is 42.4 Å². The first-order chi connectivity index (χ1) is 15.7. The molecule has 1 saturated heterocycles. The standard InChI is InChI=1S/C25H24N4O3/c30-25(27-20-6-8-22(9-7-20)28-13-15-31-16-14-28)19-4-10-23(11-5-19)32-18-21-17-29-12-2-1-3-24(29)26-21/h1-12,17H,13-16,18H2,(H,27,30). The summed E-state index contributed by atoms with van der Waals surface area (Å²) in [7, 11) is 0. The summed E-state index contributed by atoms with van der Waals surface area (Å²) in [5.41, 5.74) is 4.20. The summed E-state index contributed by atoms with van der Waals surface area (Å²) >= 11 is 0. The molecule has 7 nitrogen and oxygen atoms in total. The van der Waals surface area contributed by atoms with Gasteiger partial charge in [-0.05, 0) is 60.7 Å². The fraction of sp³-hybridized carbons (Fsp3) is 0.200. The van der Waals surface area contributed by atoms with Crippen LogP contribution < -0.4 is 15.0 Å². The lowest BCUT2D eigenvalue weighted by molar-refractivity contribution is 0.102. The fourth-order valence-electron chi connectivity index (χ4n) is 3.70. The molecular formula is C25H24N4O3. The van der Waals surface area contributed by atoms with E-state index in [2.05, 4.69) is 15.2 Å². The van der Waals surface area contributed by atoms with Crippen molar-refractivity contribution in [3.63, 3.8) is 0 Å². The van der Waals surface area contributed by atoms with E-state index in [-0.39, 0.29) is 5.91 Å². The molecule has 0 radical (unpaired) electrons. The number of hydrogen-bond acceptors (Lipinski definition) is 5. The Kier molecular flexibility index (Phi) is 5.72. The second-order valence-electron chi connectivity index (χ2n) is 7.61. The molecule has 0 saturated carbocycles. The monoisotopic (exact) mass is 428 g/mol. The summed E-state index contributed by atoms with van der Waals surface area (Å²) in [6, 6.07) is 20.9. The smallest absolute Gasteiger partial charge is 0.255 e. The third-order valence-corrected chi connectivity index (χ3v) is 5.42. The van der Waals surface area contributed by atoms with E-state index in [4.69, 9.17) is 9.47 Å². The Morgan fingerprint density at radius 1 is 1.00 bits per heavy atom. The Morgan fingerprint density at radius 2 is 1.78 bits per heavy atom. The number of imidazole rings is 1. The second kappa shape index (κ2) is 9.11. The predicted molar refractivity (Wildman–Crippen MR) is 123 cm³/mol. The van der Waals surface area contributed by atoms with E-state index in [1.807, 2.05) is 59.3 Å². The van der Waals surface area contributed by atoms with Gasteiger partial charge in [0.05, 0.1) is 18.9 Å². The minimum atomic E-state index is -0.156. The molecule has 32 heavy (non-hydrogen) atoms. The molecule has 4 aromatic rings. The van der Waals surface area contributed by atoms with Crippen LogP contribution in [-0.4, -0.2) is 41.6 Å². The molecule has 2 aromatic carbocycles. The number of benzene rings is 2. The third kappa shape index (κ3) is 4.58. The zero-order valence-electron chi connectivity index (χ0n) is 17.6. The molecule has 2 aromatic heterocycles. The molecular weight excluding hydrogens is 404 g/mol. The van der Waals surface area contributed by atoms with E-state index in [9.17, 15) is 4.79 Å². The van der Waals surface area contributed by atoms with Crippen LogP contribution in [-0.2, 0) is 11.3 Å². The van der Waals surface area contributed by atoms with Gasteiger partial charge in [-0.15, -0.1) is 0 Å². The molecule has 1 fully saturated rings. The van der Waals surface area contributed by atoms with Gasteiger partial charge in [-0.25, -0.2) is 4.98 Å². The first-order valence-corrected chi connectivity index (χ1v) is 10.6. The van der Waals surface area contributed by atoms with Gasteiger partial charge < -0.3 is 24.1 Å². The van der Waals surface area contributed by atoms with Crippen molar-refractivity contribution in [1.29, 1.82) is 0 Å². The summed E-state index contributed by atoms with van der Waals surface area (Å²) in [6.45, 7) is 3.63. The van der Waals surface area contributed by atoms with Crippen LogP contribution in [0.4, 0.5) is 11.4 Å². The van der Waals surface area contributed by atoms with Crippen LogP contribution in [0.15, 0.2) is 79.1 Å². The molecule has 0 bridgehead atoms. The van der Waals surface area contributed by atoms with Crippen LogP contribution in [0.25, 0.3) is 5.65 Å². The SMILES string of the molecule is O=C(Nc1ccc(N2CCOCC2)cc1)c1ccc(OCc2cn3ccccc3n2)cc1. The highest BCUT2D eigenvalue weighted by Crippen LogP contribution is 2.20. The molecule has 0 aliphatic carbocycles. The highest BCUT2D eigenvalue weighted by atomic mass is 16.5. The van der Waals surface area contributed by atoms with E-state index < -0.39 is 0 Å². The highest BCUT2D eigenvalue weighted by Gasteiger charge is 2.12. The van der Waals surface area contributed by atoms with Crippen molar-refractivity contribution in [1.82, 2.24) is 9.38 Å². The minimum Gasteiger partial charge on any atom is -0.487 e. The van der Waals surface area contributed by atoms with Crippen molar-refractivity contribution < 1.29 is 14.3 Å². The van der Waals surface area contributed by atoms with E-state index in [1.54, 1.807) is 24.3 Å². The largest absolute Gasteiger partial charge is 0.487 e. The number of carbonyl (C=O) groups excluding carboxylic acids is 1. The van der Waals surface area contributed by atoms with E-state index >= 15 is 0 Å². The van der Waals surface area contributed by atoms with Crippen LogP contribution in [0.1, 0.15) is 16.1 Å². The summed E-state index contributed by atoms with van der Waals surface area (Å²) in [5, 5.41) is 2.94. The van der Waals surface area contributed by atoms with Gasteiger partial charge in [0.15, 0.2) is 0 Å². The number of rotatable bonds is 6.